The Labute approximate surface area is 210 Å². The van der Waals surface area contributed by atoms with Crippen LogP contribution in [0, 0.1) is 0 Å². The number of hydrogen-bond donors (Lipinski definition) is 2. The van der Waals surface area contributed by atoms with Gasteiger partial charge in [-0.15, -0.1) is 21.5 Å². The molecule has 0 radical (unpaired) electrons. The minimum absolute atomic E-state index is 0.165. The quantitative estimate of drug-likeness (QED) is 0.343. The van der Waals surface area contributed by atoms with E-state index in [2.05, 4.69) is 33.5 Å². The van der Waals surface area contributed by atoms with Crippen molar-refractivity contribution in [1.29, 1.82) is 0 Å². The summed E-state index contributed by atoms with van der Waals surface area (Å²) in [5.74, 6) is 1.23. The van der Waals surface area contributed by atoms with E-state index in [9.17, 15) is 4.79 Å². The highest BCUT2D eigenvalue weighted by Gasteiger charge is 2.26. The fourth-order valence-corrected chi connectivity index (χ4v) is 5.74. The molecule has 1 amide bonds. The Morgan fingerprint density at radius 1 is 1.14 bits per heavy atom. The lowest BCUT2D eigenvalue weighted by molar-refractivity contribution is 0.0951. The highest BCUT2D eigenvalue weighted by Crippen LogP contribution is 2.34. The zero-order valence-corrected chi connectivity index (χ0v) is 20.5. The van der Waals surface area contributed by atoms with Crippen molar-refractivity contribution in [3.63, 3.8) is 0 Å². The molecule has 1 aliphatic rings. The number of aryl methyl sites for hydroxylation is 1. The third-order valence-corrected chi connectivity index (χ3v) is 7.71. The predicted octanol–water partition coefficient (Wildman–Crippen LogP) is 5.31. The number of thiophene rings is 1. The van der Waals surface area contributed by atoms with Crippen molar-refractivity contribution in [2.24, 2.45) is 4.99 Å². The van der Waals surface area contributed by atoms with Gasteiger partial charge in [0.15, 0.2) is 11.6 Å². The van der Waals surface area contributed by atoms with E-state index < -0.39 is 0 Å². The molecule has 0 unspecified atom stereocenters. The zero-order valence-electron chi connectivity index (χ0n) is 18.9. The van der Waals surface area contributed by atoms with Gasteiger partial charge in [0.05, 0.1) is 17.8 Å². The Kier molecular flexibility index (Phi) is 5.47. The van der Waals surface area contributed by atoms with E-state index in [1.807, 2.05) is 53.1 Å². The van der Waals surface area contributed by atoms with Crippen LogP contribution in [-0.2, 0) is 19.5 Å². The van der Waals surface area contributed by atoms with Gasteiger partial charge in [0, 0.05) is 38.1 Å². The van der Waals surface area contributed by atoms with Gasteiger partial charge in [-0.2, -0.15) is 0 Å². The van der Waals surface area contributed by atoms with Crippen LogP contribution in [0.15, 0.2) is 65.8 Å². The van der Waals surface area contributed by atoms with E-state index in [1.54, 1.807) is 17.5 Å². The Balaban J connectivity index is 1.36. The number of nitrogens with zero attached hydrogens (tertiary/aromatic N) is 4. The smallest absolute Gasteiger partial charge is 0.253 e. The number of fused-ring (bicyclic) bond motifs is 4. The maximum atomic E-state index is 13.0. The third-order valence-electron chi connectivity index (χ3n) is 6.12. The van der Waals surface area contributed by atoms with Gasteiger partial charge in [-0.25, -0.2) is 0 Å². The van der Waals surface area contributed by atoms with Gasteiger partial charge >= 0.3 is 0 Å². The van der Waals surface area contributed by atoms with Crippen molar-refractivity contribution >= 4 is 45.5 Å². The second kappa shape index (κ2) is 8.79. The van der Waals surface area contributed by atoms with Gasteiger partial charge in [-0.3, -0.25) is 14.4 Å². The zero-order chi connectivity index (χ0) is 23.9. The van der Waals surface area contributed by atoms with Gasteiger partial charge in [0.2, 0.25) is 0 Å². The van der Waals surface area contributed by atoms with Crippen molar-refractivity contribution < 1.29 is 4.79 Å². The number of aromatic nitrogens is 4. The Hall–Kier alpha value is -3.75. The lowest BCUT2D eigenvalue weighted by Crippen LogP contribution is -2.24. The standard InChI is InChI=1S/C26H21ClN6OS/c1-2-15-11-18-24(17-8-3-5-9-20(17)27)29-13-22-31-32-23(33(22)26(18)35-15)14-30-25(34)19-12-28-21-10-6-4-7-16(19)21/h3-12,28H,2,13-14H2,1H3,(H,30,34). The molecule has 2 N–H and O–H groups in total. The minimum Gasteiger partial charge on any atom is -0.360 e. The van der Waals surface area contributed by atoms with Crippen molar-refractivity contribution in [2.45, 2.75) is 26.4 Å². The van der Waals surface area contributed by atoms with E-state index in [4.69, 9.17) is 16.6 Å². The van der Waals surface area contributed by atoms with E-state index in [0.717, 1.165) is 45.0 Å². The number of benzene rings is 2. The Morgan fingerprint density at radius 2 is 1.97 bits per heavy atom. The number of carbonyl (C=O) groups is 1. The molecule has 0 bridgehead atoms. The van der Waals surface area contributed by atoms with Crippen LogP contribution in [0.5, 0.6) is 0 Å². The first-order chi connectivity index (χ1) is 17.1. The van der Waals surface area contributed by atoms with Crippen LogP contribution >= 0.6 is 22.9 Å². The molecule has 7 nitrogen and oxygen atoms in total. The lowest BCUT2D eigenvalue weighted by atomic mass is 10.0. The van der Waals surface area contributed by atoms with Crippen molar-refractivity contribution in [1.82, 2.24) is 25.1 Å². The number of aliphatic imine (C=N–C) groups is 1. The van der Waals surface area contributed by atoms with Crippen LogP contribution < -0.4 is 5.32 Å². The van der Waals surface area contributed by atoms with Gasteiger partial charge in [-0.05, 0) is 24.6 Å². The van der Waals surface area contributed by atoms with Gasteiger partial charge in [0.1, 0.15) is 11.5 Å². The van der Waals surface area contributed by atoms with Crippen LogP contribution in [0.1, 0.15) is 44.9 Å². The molecule has 0 aliphatic carbocycles. The summed E-state index contributed by atoms with van der Waals surface area (Å²) < 4.78 is 2.03. The summed E-state index contributed by atoms with van der Waals surface area (Å²) in [6.45, 7) is 2.74. The minimum atomic E-state index is -0.165. The normalized spacial score (nSPS) is 12.7. The number of halogens is 1. The Morgan fingerprint density at radius 3 is 2.83 bits per heavy atom. The van der Waals surface area contributed by atoms with Crippen LogP contribution in [0.25, 0.3) is 15.9 Å². The number of amides is 1. The molecule has 9 heteroatoms. The van der Waals surface area contributed by atoms with E-state index in [0.29, 0.717) is 23.0 Å². The summed E-state index contributed by atoms with van der Waals surface area (Å²) in [7, 11) is 0. The summed E-state index contributed by atoms with van der Waals surface area (Å²) >= 11 is 8.24. The summed E-state index contributed by atoms with van der Waals surface area (Å²) in [5.41, 5.74) is 4.27. The summed E-state index contributed by atoms with van der Waals surface area (Å²) in [5, 5.41) is 14.4. The van der Waals surface area contributed by atoms with Crippen molar-refractivity contribution in [2.75, 3.05) is 0 Å². The highest BCUT2D eigenvalue weighted by molar-refractivity contribution is 7.15. The topological polar surface area (TPSA) is 88.0 Å². The number of nitrogens with one attached hydrogen (secondary N) is 2. The van der Waals surface area contributed by atoms with Crippen LogP contribution in [0.4, 0.5) is 0 Å². The van der Waals surface area contributed by atoms with E-state index in [-0.39, 0.29) is 12.5 Å². The largest absolute Gasteiger partial charge is 0.360 e. The summed E-state index contributed by atoms with van der Waals surface area (Å²) in [6.07, 6.45) is 2.64. The fourth-order valence-electron chi connectivity index (χ4n) is 4.38. The SMILES string of the molecule is CCc1cc2c(s1)-n1c(nnc1CNC(=O)c1c[nH]c3ccccc13)CN=C2c1ccccc1Cl. The lowest BCUT2D eigenvalue weighted by Gasteiger charge is -2.10. The molecule has 2 aromatic carbocycles. The van der Waals surface area contributed by atoms with E-state index >= 15 is 0 Å². The second-order valence-corrected chi connectivity index (χ2v) is 9.75. The predicted molar refractivity (Wildman–Crippen MR) is 139 cm³/mol. The second-order valence-electron chi connectivity index (χ2n) is 8.23. The van der Waals surface area contributed by atoms with Crippen molar-refractivity contribution in [3.05, 3.63) is 99.0 Å². The number of para-hydroxylation sites is 1. The fraction of sp³-hybridized carbons (Fsp3) is 0.154. The number of hydrogen-bond acceptors (Lipinski definition) is 5. The van der Waals surface area contributed by atoms with Gasteiger partial charge in [-0.1, -0.05) is 54.9 Å². The molecule has 174 valence electrons. The molecule has 4 heterocycles. The monoisotopic (exact) mass is 500 g/mol. The van der Waals surface area contributed by atoms with E-state index in [1.165, 1.54) is 4.88 Å². The molecular weight excluding hydrogens is 480 g/mol. The van der Waals surface area contributed by atoms with Gasteiger partial charge < -0.3 is 10.3 Å². The first kappa shape index (κ1) is 21.8. The van der Waals surface area contributed by atoms with Crippen LogP contribution in [0.3, 0.4) is 0 Å². The number of H-pyrrole nitrogens is 1. The van der Waals surface area contributed by atoms with Crippen molar-refractivity contribution in [3.8, 4) is 5.00 Å². The first-order valence-electron chi connectivity index (χ1n) is 11.3. The number of rotatable bonds is 5. The number of carbonyl (C=O) groups excluding carboxylic acids is 1. The van der Waals surface area contributed by atoms with Gasteiger partial charge in [0.25, 0.3) is 5.91 Å². The highest BCUT2D eigenvalue weighted by atomic mass is 35.5. The summed E-state index contributed by atoms with van der Waals surface area (Å²) in [4.78, 5) is 22.3. The molecule has 0 saturated carbocycles. The molecule has 6 rings (SSSR count). The average molecular weight is 501 g/mol. The molecule has 1 aliphatic heterocycles. The molecule has 0 fully saturated rings. The molecule has 0 atom stereocenters. The number of aromatic amines is 1. The van der Waals surface area contributed by atoms with Crippen LogP contribution in [-0.4, -0.2) is 31.4 Å². The third kappa shape index (κ3) is 3.75. The maximum absolute atomic E-state index is 13.0. The average Bonchev–Trinajstić information content (AvgIpc) is 3.58. The molecule has 35 heavy (non-hydrogen) atoms. The molecular formula is C26H21ClN6OS. The Bertz CT molecular complexity index is 1610. The molecule has 0 spiro atoms. The molecule has 0 saturated heterocycles. The van der Waals surface area contributed by atoms with Crippen LogP contribution in [0.2, 0.25) is 5.02 Å². The first-order valence-corrected chi connectivity index (χ1v) is 12.5. The molecule has 3 aromatic heterocycles. The molecule has 5 aromatic rings. The maximum Gasteiger partial charge on any atom is 0.253 e. The summed E-state index contributed by atoms with van der Waals surface area (Å²) in [6, 6.07) is 17.7.